The molecule has 7 heteroatoms. The maximum Gasteiger partial charge on any atom is 0.412 e. The van der Waals surface area contributed by atoms with Gasteiger partial charge in [0.1, 0.15) is 5.69 Å². The van der Waals surface area contributed by atoms with Crippen molar-refractivity contribution in [3.63, 3.8) is 0 Å². The Kier molecular flexibility index (Phi) is 5.22. The molecule has 25 heavy (non-hydrogen) atoms. The maximum absolute atomic E-state index is 12.9. The number of hydrogen-bond acceptors (Lipinski definition) is 3. The molecule has 0 saturated heterocycles. The first-order valence-corrected chi connectivity index (χ1v) is 9.00. The standard InChI is InChI=1S/C18H18F3N3S/c1-2-16-17(14-9-10-25-12-14)22-23-24(16)11-13-5-3-4-6-15(8-7-13)18(19,20)21/h3,5-7,9-10,12H,2,4,8,11H2,1H3. The van der Waals surface area contributed by atoms with Crippen LogP contribution in [0.2, 0.25) is 0 Å². The molecule has 3 rings (SSSR count). The van der Waals surface area contributed by atoms with E-state index in [4.69, 9.17) is 0 Å². The summed E-state index contributed by atoms with van der Waals surface area (Å²) in [4.78, 5) is 0. The van der Waals surface area contributed by atoms with Crippen LogP contribution in [-0.4, -0.2) is 21.2 Å². The van der Waals surface area contributed by atoms with E-state index in [2.05, 4.69) is 10.3 Å². The Bertz CT molecular complexity index is 811. The maximum atomic E-state index is 12.9. The number of alkyl halides is 3. The average Bonchev–Trinajstić information content (AvgIpc) is 3.17. The Balaban J connectivity index is 1.84. The second-order valence-corrected chi connectivity index (χ2v) is 6.54. The van der Waals surface area contributed by atoms with E-state index < -0.39 is 11.7 Å². The molecule has 0 aromatic carbocycles. The molecule has 2 heterocycles. The summed E-state index contributed by atoms with van der Waals surface area (Å²) in [6.07, 6.45) is 3.13. The van der Waals surface area contributed by atoms with Crippen LogP contribution >= 0.6 is 11.3 Å². The predicted octanol–water partition coefficient (Wildman–Crippen LogP) is 5.33. The van der Waals surface area contributed by atoms with Crippen molar-refractivity contribution in [3.8, 4) is 11.3 Å². The van der Waals surface area contributed by atoms with E-state index in [9.17, 15) is 13.2 Å². The number of hydrogen-bond donors (Lipinski definition) is 0. The van der Waals surface area contributed by atoms with E-state index in [-0.39, 0.29) is 12.8 Å². The third-order valence-electron chi connectivity index (χ3n) is 4.08. The van der Waals surface area contributed by atoms with Gasteiger partial charge in [-0.15, -0.1) is 5.10 Å². The smallest absolute Gasteiger partial charge is 0.244 e. The van der Waals surface area contributed by atoms with Gasteiger partial charge in [0.25, 0.3) is 0 Å². The van der Waals surface area contributed by atoms with Gasteiger partial charge >= 0.3 is 6.18 Å². The van der Waals surface area contributed by atoms with Gasteiger partial charge in [-0.1, -0.05) is 36.4 Å². The highest BCUT2D eigenvalue weighted by molar-refractivity contribution is 7.08. The Morgan fingerprint density at radius 1 is 1.28 bits per heavy atom. The van der Waals surface area contributed by atoms with E-state index in [1.54, 1.807) is 28.2 Å². The molecule has 2 aromatic heterocycles. The van der Waals surface area contributed by atoms with E-state index in [1.807, 2.05) is 29.8 Å². The first kappa shape index (κ1) is 17.7. The van der Waals surface area contributed by atoms with Crippen LogP contribution in [0.3, 0.4) is 0 Å². The third kappa shape index (κ3) is 4.10. The SMILES string of the molecule is CCc1c(-c2ccsc2)nnn1CC1=CCC(C(F)(F)F)=CCC=C1. The average molecular weight is 365 g/mol. The van der Waals surface area contributed by atoms with Gasteiger partial charge in [-0.05, 0) is 36.3 Å². The highest BCUT2D eigenvalue weighted by atomic mass is 32.1. The van der Waals surface area contributed by atoms with Crippen LogP contribution in [0.1, 0.15) is 25.5 Å². The van der Waals surface area contributed by atoms with Crippen LogP contribution in [0.5, 0.6) is 0 Å². The number of thiophene rings is 1. The summed E-state index contributed by atoms with van der Waals surface area (Å²) in [5.41, 5.74) is 3.17. The lowest BCUT2D eigenvalue weighted by molar-refractivity contribution is -0.0931. The molecule has 0 radical (unpaired) electrons. The zero-order valence-electron chi connectivity index (χ0n) is 13.8. The van der Waals surface area contributed by atoms with Crippen LogP contribution in [0, 0.1) is 0 Å². The molecule has 0 spiro atoms. The molecule has 0 saturated carbocycles. The quantitative estimate of drug-likeness (QED) is 0.685. The number of halogens is 3. The monoisotopic (exact) mass is 365 g/mol. The van der Waals surface area contributed by atoms with Gasteiger partial charge < -0.3 is 0 Å². The number of nitrogens with zero attached hydrogens (tertiary/aromatic N) is 3. The van der Waals surface area contributed by atoms with Crippen LogP contribution in [-0.2, 0) is 13.0 Å². The number of rotatable bonds is 4. The van der Waals surface area contributed by atoms with Crippen molar-refractivity contribution in [2.45, 2.75) is 38.9 Å². The molecule has 0 bridgehead atoms. The summed E-state index contributed by atoms with van der Waals surface area (Å²) in [6, 6.07) is 1.99. The fourth-order valence-corrected chi connectivity index (χ4v) is 3.42. The van der Waals surface area contributed by atoms with Crippen molar-refractivity contribution >= 4 is 11.3 Å². The van der Waals surface area contributed by atoms with Crippen LogP contribution in [0.25, 0.3) is 11.3 Å². The second-order valence-electron chi connectivity index (χ2n) is 5.76. The van der Waals surface area contributed by atoms with Gasteiger partial charge in [-0.2, -0.15) is 24.5 Å². The molecule has 0 unspecified atom stereocenters. The first-order valence-electron chi connectivity index (χ1n) is 8.05. The minimum absolute atomic E-state index is 0.114. The van der Waals surface area contributed by atoms with Crippen LogP contribution in [0.4, 0.5) is 13.2 Å². The van der Waals surface area contributed by atoms with E-state index >= 15 is 0 Å². The summed E-state index contributed by atoms with van der Waals surface area (Å²) in [7, 11) is 0. The lowest BCUT2D eigenvalue weighted by Gasteiger charge is -2.13. The Labute approximate surface area is 148 Å². The van der Waals surface area contributed by atoms with Gasteiger partial charge in [-0.3, -0.25) is 0 Å². The number of allylic oxidation sites excluding steroid dienone is 6. The third-order valence-corrected chi connectivity index (χ3v) is 4.76. The summed E-state index contributed by atoms with van der Waals surface area (Å²) in [6.45, 7) is 2.44. The second kappa shape index (κ2) is 7.39. The van der Waals surface area contributed by atoms with Crippen molar-refractivity contribution in [1.82, 2.24) is 15.0 Å². The fourth-order valence-electron chi connectivity index (χ4n) is 2.78. The van der Waals surface area contributed by atoms with Crippen molar-refractivity contribution in [2.75, 3.05) is 0 Å². The Morgan fingerprint density at radius 2 is 2.12 bits per heavy atom. The zero-order valence-corrected chi connectivity index (χ0v) is 14.6. The molecule has 0 atom stereocenters. The molecule has 0 aliphatic heterocycles. The minimum atomic E-state index is -4.28. The summed E-state index contributed by atoms with van der Waals surface area (Å²) < 4.78 is 40.6. The van der Waals surface area contributed by atoms with Gasteiger partial charge in [0.15, 0.2) is 0 Å². The first-order chi connectivity index (χ1) is 12.0. The minimum Gasteiger partial charge on any atom is -0.244 e. The Hall–Kier alpha value is -2.15. The molecule has 1 aliphatic rings. The van der Waals surface area contributed by atoms with Gasteiger partial charge in [0.05, 0.1) is 12.2 Å². The van der Waals surface area contributed by atoms with E-state index in [0.29, 0.717) is 6.54 Å². The van der Waals surface area contributed by atoms with Crippen LogP contribution < -0.4 is 0 Å². The molecule has 0 amide bonds. The summed E-state index contributed by atoms with van der Waals surface area (Å²) in [5.74, 6) is 0. The zero-order chi connectivity index (χ0) is 17.9. The topological polar surface area (TPSA) is 30.7 Å². The van der Waals surface area contributed by atoms with Crippen molar-refractivity contribution in [1.29, 1.82) is 0 Å². The fraction of sp³-hybridized carbons (Fsp3) is 0.333. The van der Waals surface area contributed by atoms with E-state index in [0.717, 1.165) is 28.9 Å². The molecule has 132 valence electrons. The van der Waals surface area contributed by atoms with Gasteiger partial charge in [0, 0.05) is 16.5 Å². The lowest BCUT2D eigenvalue weighted by Crippen LogP contribution is -2.12. The molecular weight excluding hydrogens is 347 g/mol. The molecular formula is C18H18F3N3S. The predicted molar refractivity (Wildman–Crippen MR) is 93.3 cm³/mol. The molecule has 2 aromatic rings. The Morgan fingerprint density at radius 3 is 2.80 bits per heavy atom. The normalized spacial score (nSPS) is 15.5. The largest absolute Gasteiger partial charge is 0.412 e. The lowest BCUT2D eigenvalue weighted by atomic mass is 10.0. The number of aromatic nitrogens is 3. The van der Waals surface area contributed by atoms with Gasteiger partial charge in [-0.25, -0.2) is 4.68 Å². The molecule has 0 N–H and O–H groups in total. The van der Waals surface area contributed by atoms with Gasteiger partial charge in [0.2, 0.25) is 0 Å². The van der Waals surface area contributed by atoms with Crippen LogP contribution in [0.15, 0.2) is 52.3 Å². The molecule has 3 nitrogen and oxygen atoms in total. The summed E-state index contributed by atoms with van der Waals surface area (Å²) >= 11 is 1.59. The van der Waals surface area contributed by atoms with Crippen molar-refractivity contribution in [2.24, 2.45) is 0 Å². The summed E-state index contributed by atoms with van der Waals surface area (Å²) in [5, 5.41) is 12.5. The highest BCUT2D eigenvalue weighted by Gasteiger charge is 2.32. The van der Waals surface area contributed by atoms with Crippen molar-refractivity contribution in [3.05, 3.63) is 58.0 Å². The molecule has 0 fully saturated rings. The van der Waals surface area contributed by atoms with E-state index in [1.165, 1.54) is 6.08 Å². The highest BCUT2D eigenvalue weighted by Crippen LogP contribution is 2.30. The van der Waals surface area contributed by atoms with Crippen molar-refractivity contribution < 1.29 is 13.2 Å². The molecule has 1 aliphatic carbocycles.